The van der Waals surface area contributed by atoms with Gasteiger partial charge in [-0.25, -0.2) is 9.18 Å². The molecule has 0 bridgehead atoms. The standard InChI is InChI=1S/C21H31BFNO4/c1-18(2,3)26-17(25)24(8)21(23)12-11-14-13-15(9-10-16(14)21)22-27-19(4,5)20(6,7)28-22/h9-10,13H,11-12H2,1-8H3. The second kappa shape index (κ2) is 6.46. The molecule has 1 atom stereocenters. The van der Waals surface area contributed by atoms with E-state index in [1.54, 1.807) is 26.8 Å². The maximum absolute atomic E-state index is 15.8. The molecule has 0 N–H and O–H groups in total. The van der Waals surface area contributed by atoms with Crippen molar-refractivity contribution in [3.05, 3.63) is 29.3 Å². The minimum atomic E-state index is -1.88. The Kier molecular flexibility index (Phi) is 4.87. The van der Waals surface area contributed by atoms with Crippen LogP contribution in [0.4, 0.5) is 9.18 Å². The molecular weight excluding hydrogens is 360 g/mol. The number of ether oxygens (including phenoxy) is 1. The van der Waals surface area contributed by atoms with Crippen LogP contribution in [0.15, 0.2) is 18.2 Å². The lowest BCUT2D eigenvalue weighted by Gasteiger charge is -2.33. The number of aryl methyl sites for hydroxylation is 1. The van der Waals surface area contributed by atoms with Crippen LogP contribution in [0, 0.1) is 0 Å². The van der Waals surface area contributed by atoms with Crippen molar-refractivity contribution >= 4 is 18.7 Å². The third-order valence-corrected chi connectivity index (χ3v) is 5.99. The molecule has 1 heterocycles. The molecule has 3 rings (SSSR count). The van der Waals surface area contributed by atoms with Gasteiger partial charge in [-0.2, -0.15) is 0 Å². The number of hydrogen-bond donors (Lipinski definition) is 0. The third-order valence-electron chi connectivity index (χ3n) is 5.99. The summed E-state index contributed by atoms with van der Waals surface area (Å²) in [5.74, 6) is -1.88. The number of benzene rings is 1. The second-order valence-corrected chi connectivity index (χ2v) is 9.80. The first kappa shape index (κ1) is 21.1. The number of halogens is 1. The lowest BCUT2D eigenvalue weighted by molar-refractivity contribution is -0.0440. The van der Waals surface area contributed by atoms with Crippen LogP contribution in [0.25, 0.3) is 0 Å². The van der Waals surface area contributed by atoms with Gasteiger partial charge >= 0.3 is 13.2 Å². The highest BCUT2D eigenvalue weighted by Gasteiger charge is 2.52. The summed E-state index contributed by atoms with van der Waals surface area (Å²) < 4.78 is 33.4. The first-order valence-electron chi connectivity index (χ1n) is 9.81. The number of nitrogens with zero attached hydrogens (tertiary/aromatic N) is 1. The number of alkyl halides is 1. The summed E-state index contributed by atoms with van der Waals surface area (Å²) in [6.45, 7) is 13.3. The number of rotatable bonds is 2. The van der Waals surface area contributed by atoms with Gasteiger partial charge < -0.3 is 14.0 Å². The van der Waals surface area contributed by atoms with Crippen LogP contribution in [0.1, 0.15) is 66.0 Å². The fraction of sp³-hybridized carbons (Fsp3) is 0.667. The van der Waals surface area contributed by atoms with Gasteiger partial charge in [-0.1, -0.05) is 18.2 Å². The summed E-state index contributed by atoms with van der Waals surface area (Å²) in [5, 5.41) is 0. The zero-order chi connectivity index (χ0) is 21.1. The summed E-state index contributed by atoms with van der Waals surface area (Å²) in [6.07, 6.45) is 0.0647. The van der Waals surface area contributed by atoms with Gasteiger partial charge in [-0.3, -0.25) is 4.90 Å². The van der Waals surface area contributed by atoms with E-state index in [9.17, 15) is 4.79 Å². The van der Waals surface area contributed by atoms with Crippen molar-refractivity contribution in [3.8, 4) is 0 Å². The minimum absolute atomic E-state index is 0.199. The molecule has 0 spiro atoms. The smallest absolute Gasteiger partial charge is 0.444 e. The van der Waals surface area contributed by atoms with Crippen LogP contribution in [0.2, 0.25) is 0 Å². The van der Waals surface area contributed by atoms with Crippen LogP contribution in [0.5, 0.6) is 0 Å². The molecule has 1 fully saturated rings. The highest BCUT2D eigenvalue weighted by Crippen LogP contribution is 2.43. The minimum Gasteiger partial charge on any atom is -0.444 e. The van der Waals surface area contributed by atoms with Gasteiger partial charge in [0.05, 0.1) is 11.2 Å². The van der Waals surface area contributed by atoms with Crippen molar-refractivity contribution in [1.82, 2.24) is 4.90 Å². The summed E-state index contributed by atoms with van der Waals surface area (Å²) in [7, 11) is 0.958. The van der Waals surface area contributed by atoms with Crippen LogP contribution in [0.3, 0.4) is 0 Å². The van der Waals surface area contributed by atoms with Crippen LogP contribution >= 0.6 is 0 Å². The maximum atomic E-state index is 15.8. The Labute approximate surface area is 167 Å². The molecule has 0 radical (unpaired) electrons. The van der Waals surface area contributed by atoms with E-state index in [-0.39, 0.29) is 6.42 Å². The average molecular weight is 391 g/mol. The monoisotopic (exact) mass is 391 g/mol. The summed E-state index contributed by atoms with van der Waals surface area (Å²) in [6, 6.07) is 5.49. The largest absolute Gasteiger partial charge is 0.494 e. The Morgan fingerprint density at radius 2 is 1.75 bits per heavy atom. The second-order valence-electron chi connectivity index (χ2n) is 9.80. The molecule has 5 nitrogen and oxygen atoms in total. The third kappa shape index (κ3) is 3.55. The van der Waals surface area contributed by atoms with Gasteiger partial charge in [0.25, 0.3) is 0 Å². The number of hydrogen-bond acceptors (Lipinski definition) is 4. The molecule has 1 saturated heterocycles. The first-order chi connectivity index (χ1) is 12.7. The molecule has 1 aliphatic heterocycles. The van der Waals surface area contributed by atoms with Gasteiger partial charge in [0.15, 0.2) is 0 Å². The Hall–Kier alpha value is -1.60. The molecule has 0 saturated carbocycles. The molecule has 1 aromatic rings. The normalized spacial score (nSPS) is 25.5. The molecule has 28 heavy (non-hydrogen) atoms. The van der Waals surface area contributed by atoms with Crippen LogP contribution in [-0.2, 0) is 26.3 Å². The lowest BCUT2D eigenvalue weighted by atomic mass is 9.77. The number of fused-ring (bicyclic) bond motifs is 1. The van der Waals surface area contributed by atoms with Crippen molar-refractivity contribution in [2.75, 3.05) is 7.05 Å². The molecule has 7 heteroatoms. The summed E-state index contributed by atoms with van der Waals surface area (Å²) >= 11 is 0. The number of amides is 1. The Morgan fingerprint density at radius 1 is 1.18 bits per heavy atom. The van der Waals surface area contributed by atoms with Crippen molar-refractivity contribution in [3.63, 3.8) is 0 Å². The van der Waals surface area contributed by atoms with Crippen molar-refractivity contribution in [1.29, 1.82) is 0 Å². The summed E-state index contributed by atoms with van der Waals surface area (Å²) in [4.78, 5) is 13.5. The van der Waals surface area contributed by atoms with E-state index in [0.29, 0.717) is 12.0 Å². The Morgan fingerprint density at radius 3 is 2.29 bits per heavy atom. The molecule has 154 valence electrons. The fourth-order valence-electron chi connectivity index (χ4n) is 3.58. The average Bonchev–Trinajstić information content (AvgIpc) is 2.99. The Balaban J connectivity index is 1.84. The van der Waals surface area contributed by atoms with E-state index >= 15 is 4.39 Å². The van der Waals surface area contributed by atoms with Crippen molar-refractivity contribution < 1.29 is 23.2 Å². The zero-order valence-corrected chi connectivity index (χ0v) is 18.2. The van der Waals surface area contributed by atoms with E-state index < -0.39 is 35.8 Å². The van der Waals surface area contributed by atoms with E-state index in [2.05, 4.69) is 0 Å². The van der Waals surface area contributed by atoms with Gasteiger partial charge in [-0.15, -0.1) is 0 Å². The maximum Gasteiger partial charge on any atom is 0.494 e. The first-order valence-corrected chi connectivity index (χ1v) is 9.81. The van der Waals surface area contributed by atoms with Gasteiger partial charge in [0, 0.05) is 19.0 Å². The van der Waals surface area contributed by atoms with Gasteiger partial charge in [-0.05, 0) is 65.9 Å². The van der Waals surface area contributed by atoms with Crippen molar-refractivity contribution in [2.24, 2.45) is 0 Å². The van der Waals surface area contributed by atoms with Crippen molar-refractivity contribution in [2.45, 2.75) is 83.9 Å². The van der Waals surface area contributed by atoms with E-state index in [1.165, 1.54) is 7.05 Å². The van der Waals surface area contributed by atoms with Crippen LogP contribution < -0.4 is 5.46 Å². The van der Waals surface area contributed by atoms with Gasteiger partial charge in [0.2, 0.25) is 5.79 Å². The SMILES string of the molecule is CN(C(=O)OC(C)(C)C)C1(F)CCc2cc(B3OC(C)(C)C(C)(C)O3)ccc21. The predicted molar refractivity (Wildman–Crippen MR) is 107 cm³/mol. The number of carbonyl (C=O) groups is 1. The molecule has 1 aromatic carbocycles. The molecular formula is C21H31BFNO4. The topological polar surface area (TPSA) is 48.0 Å². The predicted octanol–water partition coefficient (Wildman–Crippen LogP) is 3.92. The lowest BCUT2D eigenvalue weighted by Crippen LogP contribution is -2.45. The molecule has 1 aliphatic carbocycles. The van der Waals surface area contributed by atoms with E-state index in [4.69, 9.17) is 14.0 Å². The Bertz CT molecular complexity index is 773. The van der Waals surface area contributed by atoms with Crippen LogP contribution in [-0.4, -0.2) is 42.0 Å². The quantitative estimate of drug-likeness (QED) is 0.567. The number of carbonyl (C=O) groups excluding carboxylic acids is 1. The highest BCUT2D eigenvalue weighted by molar-refractivity contribution is 6.62. The van der Waals surface area contributed by atoms with Gasteiger partial charge in [0.1, 0.15) is 5.60 Å². The zero-order valence-electron chi connectivity index (χ0n) is 18.2. The summed E-state index contributed by atoms with van der Waals surface area (Å²) in [5.41, 5.74) is 0.686. The molecule has 1 amide bonds. The molecule has 2 aliphatic rings. The molecule has 0 aromatic heterocycles. The highest BCUT2D eigenvalue weighted by atomic mass is 19.1. The van der Waals surface area contributed by atoms with E-state index in [0.717, 1.165) is 15.9 Å². The molecule has 1 unspecified atom stereocenters. The van der Waals surface area contributed by atoms with E-state index in [1.807, 2.05) is 39.8 Å². The fourth-order valence-corrected chi connectivity index (χ4v) is 3.58.